The van der Waals surface area contributed by atoms with Crippen molar-refractivity contribution in [3.05, 3.63) is 0 Å². The van der Waals surface area contributed by atoms with Crippen molar-refractivity contribution >= 4 is 5.97 Å². The first-order chi connectivity index (χ1) is 7.27. The van der Waals surface area contributed by atoms with Crippen LogP contribution in [0.1, 0.15) is 44.9 Å². The summed E-state index contributed by atoms with van der Waals surface area (Å²) in [5, 5.41) is 12.0. The van der Waals surface area contributed by atoms with Gasteiger partial charge in [-0.3, -0.25) is 4.79 Å². The number of hydrogen-bond donors (Lipinski definition) is 2. The molecular formula is C12H21NO2. The monoisotopic (exact) mass is 211 g/mol. The van der Waals surface area contributed by atoms with Gasteiger partial charge < -0.3 is 10.4 Å². The number of hydrogen-bond acceptors (Lipinski definition) is 2. The van der Waals surface area contributed by atoms with Gasteiger partial charge in [0.2, 0.25) is 0 Å². The molecule has 0 unspecified atom stereocenters. The van der Waals surface area contributed by atoms with E-state index < -0.39 is 5.97 Å². The summed E-state index contributed by atoms with van der Waals surface area (Å²) in [5.74, 6) is 0.916. The average Bonchev–Trinajstić information content (AvgIpc) is 2.30. The number of piperidine rings is 1. The maximum Gasteiger partial charge on any atom is 0.320 e. The van der Waals surface area contributed by atoms with E-state index in [9.17, 15) is 4.79 Å². The smallest absolute Gasteiger partial charge is 0.320 e. The van der Waals surface area contributed by atoms with Crippen molar-refractivity contribution < 1.29 is 9.90 Å². The van der Waals surface area contributed by atoms with Crippen LogP contribution in [0.2, 0.25) is 0 Å². The Morgan fingerprint density at radius 2 is 1.73 bits per heavy atom. The van der Waals surface area contributed by atoms with Gasteiger partial charge in [0, 0.05) is 0 Å². The molecule has 0 aromatic rings. The third-order valence-electron chi connectivity index (χ3n) is 4.07. The van der Waals surface area contributed by atoms with E-state index in [1.54, 1.807) is 0 Å². The SMILES string of the molecule is O=C(O)[C@@H]1CC[C@H](C2CCCCC2)CN1. The molecule has 3 heteroatoms. The maximum absolute atomic E-state index is 10.8. The quantitative estimate of drug-likeness (QED) is 0.734. The Morgan fingerprint density at radius 1 is 1.00 bits per heavy atom. The maximum atomic E-state index is 10.8. The summed E-state index contributed by atoms with van der Waals surface area (Å²) in [7, 11) is 0. The van der Waals surface area contributed by atoms with Crippen LogP contribution in [0.4, 0.5) is 0 Å². The second-order valence-corrected chi connectivity index (χ2v) is 5.03. The zero-order valence-corrected chi connectivity index (χ0v) is 9.24. The number of nitrogens with one attached hydrogen (secondary N) is 1. The van der Waals surface area contributed by atoms with Gasteiger partial charge >= 0.3 is 5.97 Å². The second-order valence-electron chi connectivity index (χ2n) is 5.03. The summed E-state index contributed by atoms with van der Waals surface area (Å²) in [5.41, 5.74) is 0. The fourth-order valence-electron chi connectivity index (χ4n) is 3.10. The molecule has 2 rings (SSSR count). The highest BCUT2D eigenvalue weighted by Crippen LogP contribution is 2.33. The van der Waals surface area contributed by atoms with Crippen LogP contribution in [0.25, 0.3) is 0 Å². The minimum Gasteiger partial charge on any atom is -0.480 e. The molecular weight excluding hydrogens is 190 g/mol. The van der Waals surface area contributed by atoms with Crippen molar-refractivity contribution in [2.45, 2.75) is 51.0 Å². The predicted octanol–water partition coefficient (Wildman–Crippen LogP) is 2.02. The van der Waals surface area contributed by atoms with Crippen LogP contribution in [-0.2, 0) is 4.79 Å². The minimum atomic E-state index is -0.683. The molecule has 0 radical (unpaired) electrons. The van der Waals surface area contributed by atoms with Crippen molar-refractivity contribution in [2.24, 2.45) is 11.8 Å². The highest BCUT2D eigenvalue weighted by Gasteiger charge is 2.30. The molecule has 1 heterocycles. The molecule has 1 aliphatic heterocycles. The van der Waals surface area contributed by atoms with Crippen LogP contribution in [0.15, 0.2) is 0 Å². The van der Waals surface area contributed by atoms with Crippen molar-refractivity contribution in [3.63, 3.8) is 0 Å². The Kier molecular flexibility index (Phi) is 3.62. The summed E-state index contributed by atoms with van der Waals surface area (Å²) in [6.45, 7) is 0.918. The largest absolute Gasteiger partial charge is 0.480 e. The zero-order chi connectivity index (χ0) is 10.7. The molecule has 1 saturated carbocycles. The number of aliphatic carboxylic acids is 1. The number of rotatable bonds is 2. The van der Waals surface area contributed by atoms with Crippen molar-refractivity contribution in [3.8, 4) is 0 Å². The fourth-order valence-corrected chi connectivity index (χ4v) is 3.10. The van der Waals surface area contributed by atoms with Gasteiger partial charge in [-0.05, 0) is 31.2 Å². The van der Waals surface area contributed by atoms with Crippen molar-refractivity contribution in [2.75, 3.05) is 6.54 Å². The topological polar surface area (TPSA) is 49.3 Å². The molecule has 1 aliphatic carbocycles. The molecule has 0 aromatic carbocycles. The van der Waals surface area contributed by atoms with Gasteiger partial charge in [0.15, 0.2) is 0 Å². The molecule has 2 N–H and O–H groups in total. The van der Waals surface area contributed by atoms with E-state index in [1.165, 1.54) is 32.1 Å². The number of carbonyl (C=O) groups is 1. The summed E-state index contributed by atoms with van der Waals surface area (Å²) in [6, 6.07) is -0.287. The first-order valence-corrected chi connectivity index (χ1v) is 6.23. The molecule has 0 aromatic heterocycles. The molecule has 2 fully saturated rings. The lowest BCUT2D eigenvalue weighted by atomic mass is 9.76. The molecule has 15 heavy (non-hydrogen) atoms. The lowest BCUT2D eigenvalue weighted by Crippen LogP contribution is -2.45. The minimum absolute atomic E-state index is 0.287. The van der Waals surface area contributed by atoms with Gasteiger partial charge in [0.05, 0.1) is 0 Å². The van der Waals surface area contributed by atoms with E-state index in [0.29, 0.717) is 0 Å². The Balaban J connectivity index is 1.79. The van der Waals surface area contributed by atoms with Crippen LogP contribution < -0.4 is 5.32 Å². The number of carboxylic acid groups (broad SMARTS) is 1. The molecule has 86 valence electrons. The lowest BCUT2D eigenvalue weighted by molar-refractivity contribution is -0.140. The fraction of sp³-hybridized carbons (Fsp3) is 0.917. The summed E-state index contributed by atoms with van der Waals surface area (Å²) in [6.07, 6.45) is 8.81. The highest BCUT2D eigenvalue weighted by molar-refractivity contribution is 5.73. The molecule has 0 amide bonds. The van der Waals surface area contributed by atoms with Crippen LogP contribution in [0, 0.1) is 11.8 Å². The Labute approximate surface area is 91.2 Å². The van der Waals surface area contributed by atoms with E-state index in [0.717, 1.165) is 31.2 Å². The molecule has 3 nitrogen and oxygen atoms in total. The molecule has 2 atom stereocenters. The summed E-state index contributed by atoms with van der Waals surface area (Å²) in [4.78, 5) is 10.8. The zero-order valence-electron chi connectivity index (χ0n) is 9.24. The van der Waals surface area contributed by atoms with E-state index in [1.807, 2.05) is 0 Å². The third kappa shape index (κ3) is 2.71. The van der Waals surface area contributed by atoms with Crippen LogP contribution in [0.3, 0.4) is 0 Å². The molecule has 1 saturated heterocycles. The van der Waals surface area contributed by atoms with E-state index in [4.69, 9.17) is 5.11 Å². The summed E-state index contributed by atoms with van der Waals surface area (Å²) < 4.78 is 0. The third-order valence-corrected chi connectivity index (χ3v) is 4.07. The van der Waals surface area contributed by atoms with Gasteiger partial charge in [-0.1, -0.05) is 32.1 Å². The van der Waals surface area contributed by atoms with Gasteiger partial charge in [-0.15, -0.1) is 0 Å². The normalized spacial score (nSPS) is 33.9. The van der Waals surface area contributed by atoms with Gasteiger partial charge in [-0.25, -0.2) is 0 Å². The van der Waals surface area contributed by atoms with Crippen molar-refractivity contribution in [1.29, 1.82) is 0 Å². The predicted molar refractivity (Wildman–Crippen MR) is 58.7 cm³/mol. The highest BCUT2D eigenvalue weighted by atomic mass is 16.4. The van der Waals surface area contributed by atoms with Crippen LogP contribution in [-0.4, -0.2) is 23.7 Å². The standard InChI is InChI=1S/C12H21NO2/c14-12(15)11-7-6-10(8-13-11)9-4-2-1-3-5-9/h9-11,13H,1-8H2,(H,14,15)/t10-,11-/m0/s1. The Morgan fingerprint density at radius 3 is 2.27 bits per heavy atom. The average molecular weight is 211 g/mol. The van der Waals surface area contributed by atoms with E-state index in [2.05, 4.69) is 5.32 Å². The van der Waals surface area contributed by atoms with Gasteiger partial charge in [-0.2, -0.15) is 0 Å². The number of carboxylic acids is 1. The van der Waals surface area contributed by atoms with Gasteiger partial charge in [0.1, 0.15) is 6.04 Å². The first-order valence-electron chi connectivity index (χ1n) is 6.23. The first kappa shape index (κ1) is 10.9. The van der Waals surface area contributed by atoms with Gasteiger partial charge in [0.25, 0.3) is 0 Å². The Hall–Kier alpha value is -0.570. The summed E-state index contributed by atoms with van der Waals surface area (Å²) >= 11 is 0. The van der Waals surface area contributed by atoms with E-state index in [-0.39, 0.29) is 6.04 Å². The molecule has 0 bridgehead atoms. The Bertz CT molecular complexity index is 216. The van der Waals surface area contributed by atoms with Crippen molar-refractivity contribution in [1.82, 2.24) is 5.32 Å². The molecule has 0 spiro atoms. The van der Waals surface area contributed by atoms with E-state index >= 15 is 0 Å². The van der Waals surface area contributed by atoms with Crippen LogP contribution >= 0.6 is 0 Å². The molecule has 2 aliphatic rings. The van der Waals surface area contributed by atoms with Crippen LogP contribution in [0.5, 0.6) is 0 Å². The lowest BCUT2D eigenvalue weighted by Gasteiger charge is -2.35. The second kappa shape index (κ2) is 4.97.